The molecule has 0 aromatic heterocycles. The van der Waals surface area contributed by atoms with Crippen LogP contribution in [0.25, 0.3) is 0 Å². The lowest BCUT2D eigenvalue weighted by Gasteiger charge is -2.70. The average Bonchev–Trinajstić information content (AvgIpc) is 3.45. The van der Waals surface area contributed by atoms with Crippen LogP contribution in [0.4, 0.5) is 0 Å². The zero-order valence-electron chi connectivity index (χ0n) is 35.1. The zero-order chi connectivity index (χ0) is 41.9. The number of hydrogen-bond acceptors (Lipinski definition) is 14. The van der Waals surface area contributed by atoms with E-state index in [0.29, 0.717) is 19.3 Å². The summed E-state index contributed by atoms with van der Waals surface area (Å²) in [7, 11) is 2.59. The smallest absolute Gasteiger partial charge is 0.337 e. The molecule has 0 unspecified atom stereocenters. The molecule has 0 amide bonds. The van der Waals surface area contributed by atoms with Crippen molar-refractivity contribution in [2.75, 3.05) is 27.4 Å². The standard InChI is InChI=1S/C43H66O14/c1-37(2)25-10-13-42(7)31(24(45)18-22-23-19-39(4,36(50)53-9)15-14-38(23,3)16-17-41(22,42)6)40(25,5)12-11-26(37)55-34-30(28(47)27(46)29(56-34)33(49)52-8)57-35-32(48)43(51,20-44)21-54-35/h18,23,25-32,34-35,44,46-48,51H,10-17,19-21H2,1-9H3/t23-,25-,26-,27-,28-,29-,30+,31+,32-,34+,35-,38+,39-,40-,41+,42+,43+/m0/s1. The largest absolute Gasteiger partial charge is 0.469 e. The molecule has 0 spiro atoms. The molecule has 322 valence electrons. The molecular weight excluding hydrogens is 740 g/mol. The van der Waals surface area contributed by atoms with E-state index in [-0.39, 0.29) is 45.8 Å². The van der Waals surface area contributed by atoms with E-state index in [4.69, 9.17) is 28.4 Å². The van der Waals surface area contributed by atoms with E-state index >= 15 is 0 Å². The molecule has 0 aromatic rings. The number of carbonyl (C=O) groups excluding carboxylic acids is 3. The number of ketones is 1. The van der Waals surface area contributed by atoms with E-state index in [1.165, 1.54) is 12.7 Å². The van der Waals surface area contributed by atoms with Crippen molar-refractivity contribution in [2.45, 2.75) is 161 Å². The Bertz CT molecular complexity index is 1650. The molecule has 5 N–H and O–H groups in total. The van der Waals surface area contributed by atoms with Gasteiger partial charge in [0.2, 0.25) is 0 Å². The van der Waals surface area contributed by atoms with Gasteiger partial charge in [0.15, 0.2) is 24.5 Å². The predicted molar refractivity (Wildman–Crippen MR) is 202 cm³/mol. The highest BCUT2D eigenvalue weighted by molar-refractivity contribution is 5.95. The zero-order valence-corrected chi connectivity index (χ0v) is 35.1. The van der Waals surface area contributed by atoms with E-state index in [1.807, 2.05) is 13.0 Å². The number of aliphatic hydroxyl groups is 5. The van der Waals surface area contributed by atoms with Crippen LogP contribution in [0.5, 0.6) is 0 Å². The van der Waals surface area contributed by atoms with Crippen LogP contribution in [0.1, 0.15) is 106 Å². The molecule has 2 saturated heterocycles. The van der Waals surface area contributed by atoms with E-state index in [2.05, 4.69) is 41.5 Å². The fourth-order valence-corrected chi connectivity index (χ4v) is 13.5. The molecule has 14 heteroatoms. The first kappa shape index (κ1) is 43.1. The van der Waals surface area contributed by atoms with Gasteiger partial charge in [0, 0.05) is 5.92 Å². The van der Waals surface area contributed by atoms with E-state index in [1.54, 1.807) is 0 Å². The van der Waals surface area contributed by atoms with Gasteiger partial charge in [-0.15, -0.1) is 0 Å². The number of aliphatic hydroxyl groups excluding tert-OH is 4. The second-order valence-corrected chi connectivity index (χ2v) is 20.6. The van der Waals surface area contributed by atoms with Crippen LogP contribution in [0.15, 0.2) is 11.6 Å². The molecule has 2 aliphatic heterocycles. The number of methoxy groups -OCH3 is 2. The van der Waals surface area contributed by atoms with Crippen molar-refractivity contribution in [1.29, 1.82) is 0 Å². The Kier molecular flexibility index (Phi) is 10.8. The number of esters is 2. The van der Waals surface area contributed by atoms with Gasteiger partial charge in [0.05, 0.1) is 39.0 Å². The maximum Gasteiger partial charge on any atom is 0.337 e. The molecule has 0 aromatic carbocycles. The quantitative estimate of drug-likeness (QED) is 0.185. The molecule has 17 atom stereocenters. The van der Waals surface area contributed by atoms with Crippen LogP contribution in [-0.2, 0) is 42.8 Å². The number of carbonyl (C=O) groups is 3. The Morgan fingerprint density at radius 1 is 0.860 bits per heavy atom. The van der Waals surface area contributed by atoms with Crippen LogP contribution in [0.3, 0.4) is 0 Å². The van der Waals surface area contributed by atoms with Crippen molar-refractivity contribution in [3.63, 3.8) is 0 Å². The Balaban J connectivity index is 1.17. The summed E-state index contributed by atoms with van der Waals surface area (Å²) >= 11 is 0. The van der Waals surface area contributed by atoms with Crippen molar-refractivity contribution in [3.8, 4) is 0 Å². The molecule has 0 bridgehead atoms. The number of rotatable bonds is 7. The number of ether oxygens (including phenoxy) is 6. The summed E-state index contributed by atoms with van der Waals surface area (Å²) in [6, 6.07) is 0. The van der Waals surface area contributed by atoms with Crippen LogP contribution in [-0.4, -0.2) is 125 Å². The first-order chi connectivity index (χ1) is 26.5. The van der Waals surface area contributed by atoms with Gasteiger partial charge in [-0.25, -0.2) is 4.79 Å². The predicted octanol–water partition coefficient (Wildman–Crippen LogP) is 2.97. The van der Waals surface area contributed by atoms with Crippen LogP contribution >= 0.6 is 0 Å². The van der Waals surface area contributed by atoms with Crippen molar-refractivity contribution in [3.05, 3.63) is 11.6 Å². The fourth-order valence-electron chi connectivity index (χ4n) is 13.5. The van der Waals surface area contributed by atoms with Gasteiger partial charge in [-0.05, 0) is 110 Å². The summed E-state index contributed by atoms with van der Waals surface area (Å²) in [5.41, 5.74) is -2.95. The van der Waals surface area contributed by atoms with Crippen LogP contribution in [0.2, 0.25) is 0 Å². The minimum Gasteiger partial charge on any atom is -0.469 e. The minimum atomic E-state index is -2.01. The van der Waals surface area contributed by atoms with E-state index in [9.17, 15) is 39.9 Å². The van der Waals surface area contributed by atoms with Crippen molar-refractivity contribution >= 4 is 17.7 Å². The lowest BCUT2D eigenvalue weighted by molar-refractivity contribution is -0.350. The summed E-state index contributed by atoms with van der Waals surface area (Å²) in [4.78, 5) is 40.8. The highest BCUT2D eigenvalue weighted by Crippen LogP contribution is 2.75. The van der Waals surface area contributed by atoms with Gasteiger partial charge >= 0.3 is 11.9 Å². The lowest BCUT2D eigenvalue weighted by atomic mass is 9.33. The molecule has 4 saturated carbocycles. The maximum atomic E-state index is 14.9. The molecule has 5 aliphatic carbocycles. The van der Waals surface area contributed by atoms with Gasteiger partial charge in [0.1, 0.15) is 30.0 Å². The van der Waals surface area contributed by atoms with Gasteiger partial charge in [-0.1, -0.05) is 47.1 Å². The highest BCUT2D eigenvalue weighted by Gasteiger charge is 2.71. The third kappa shape index (κ3) is 6.23. The van der Waals surface area contributed by atoms with E-state index < -0.39 is 90.2 Å². The number of hydrogen-bond donors (Lipinski definition) is 5. The fraction of sp³-hybridized carbons (Fsp3) is 0.884. The first-order valence-corrected chi connectivity index (χ1v) is 20.9. The molecule has 6 fully saturated rings. The lowest BCUT2D eigenvalue weighted by Crippen LogP contribution is -2.67. The molecule has 2 heterocycles. The topological polar surface area (TPSA) is 208 Å². The van der Waals surface area contributed by atoms with Crippen molar-refractivity contribution in [1.82, 2.24) is 0 Å². The Morgan fingerprint density at radius 2 is 1.54 bits per heavy atom. The molecule has 0 radical (unpaired) electrons. The second kappa shape index (κ2) is 14.3. The Labute approximate surface area is 335 Å². The van der Waals surface area contributed by atoms with E-state index in [0.717, 1.165) is 45.6 Å². The summed E-state index contributed by atoms with van der Waals surface area (Å²) < 4.78 is 34.3. The maximum absolute atomic E-state index is 14.9. The number of allylic oxidation sites excluding steroid dienone is 2. The summed E-state index contributed by atoms with van der Waals surface area (Å²) in [5, 5.41) is 53.3. The molecule has 7 rings (SSSR count). The average molecular weight is 807 g/mol. The van der Waals surface area contributed by atoms with Gasteiger partial charge in [0.25, 0.3) is 0 Å². The van der Waals surface area contributed by atoms with Crippen molar-refractivity contribution < 1.29 is 68.3 Å². The Hall–Kier alpha value is -2.01. The Morgan fingerprint density at radius 3 is 2.18 bits per heavy atom. The van der Waals surface area contributed by atoms with Gasteiger partial charge in [-0.3, -0.25) is 9.59 Å². The SMILES string of the molecule is COC(=O)[C@H]1O[C@@H](O[C@H]2CC[C@]3(C)[C@H]4C(=O)C=C5[C@@H]6C[C@@](C)(C(=O)OC)CC[C@]6(C)CC[C@@]5(C)[C@]4(C)CC[C@H]3C2(C)C)[C@H](O[C@@H]2OC[C@](O)(CO)[C@H]2O)[C@@H](O)[C@@H]1O. The monoisotopic (exact) mass is 806 g/mol. The summed E-state index contributed by atoms with van der Waals surface area (Å²) in [5.74, 6) is -1.09. The summed E-state index contributed by atoms with van der Waals surface area (Å²) in [6.07, 6.45) is -2.69. The second-order valence-electron chi connectivity index (χ2n) is 20.6. The molecule has 14 nitrogen and oxygen atoms in total. The molecule has 7 aliphatic rings. The minimum absolute atomic E-state index is 0.00212. The normalized spacial score (nSPS) is 51.7. The van der Waals surface area contributed by atoms with Gasteiger partial charge < -0.3 is 54.0 Å². The molecular formula is C43H66O14. The third-order valence-corrected chi connectivity index (χ3v) is 17.3. The highest BCUT2D eigenvalue weighted by atomic mass is 16.8. The third-order valence-electron chi connectivity index (χ3n) is 17.3. The number of fused-ring (bicyclic) bond motifs is 7. The summed E-state index contributed by atoms with van der Waals surface area (Å²) in [6.45, 7) is 14.3. The van der Waals surface area contributed by atoms with Crippen LogP contribution < -0.4 is 0 Å². The van der Waals surface area contributed by atoms with Gasteiger partial charge in [-0.2, -0.15) is 0 Å². The molecule has 57 heavy (non-hydrogen) atoms. The van der Waals surface area contributed by atoms with Crippen LogP contribution in [0, 0.1) is 50.2 Å². The van der Waals surface area contributed by atoms with Crippen molar-refractivity contribution in [2.24, 2.45) is 50.2 Å². The first-order valence-electron chi connectivity index (χ1n) is 20.9.